The van der Waals surface area contributed by atoms with Crippen molar-refractivity contribution in [3.63, 3.8) is 0 Å². The molecule has 0 aromatic carbocycles. The maximum absolute atomic E-state index is 5.91. The Morgan fingerprint density at radius 3 is 2.65 bits per heavy atom. The number of thiazole rings is 1. The quantitative estimate of drug-likeness (QED) is 0.803. The molecule has 2 aromatic heterocycles. The van der Waals surface area contributed by atoms with Gasteiger partial charge in [-0.1, -0.05) is 11.6 Å². The van der Waals surface area contributed by atoms with Crippen LogP contribution in [0.4, 0.5) is 5.82 Å². The SMILES string of the molecule is Cc1csc(CN(C)c2cc(Cl)nc(C)n2)n1. The minimum absolute atomic E-state index is 0.467. The van der Waals surface area contributed by atoms with Crippen molar-refractivity contribution in [3.8, 4) is 0 Å². The first-order valence-electron chi connectivity index (χ1n) is 5.18. The van der Waals surface area contributed by atoms with E-state index in [1.807, 2.05) is 31.2 Å². The van der Waals surface area contributed by atoms with Crippen molar-refractivity contribution in [1.82, 2.24) is 15.0 Å². The fraction of sp³-hybridized carbons (Fsp3) is 0.364. The van der Waals surface area contributed by atoms with Gasteiger partial charge in [0.1, 0.15) is 21.8 Å². The maximum Gasteiger partial charge on any atom is 0.134 e. The number of hydrogen-bond donors (Lipinski definition) is 0. The molecule has 0 aliphatic heterocycles. The fourth-order valence-corrected chi connectivity index (χ4v) is 2.52. The Kier molecular flexibility index (Phi) is 3.59. The lowest BCUT2D eigenvalue weighted by atomic mass is 10.4. The lowest BCUT2D eigenvalue weighted by Gasteiger charge is -2.16. The number of aryl methyl sites for hydroxylation is 2. The third kappa shape index (κ3) is 3.14. The summed E-state index contributed by atoms with van der Waals surface area (Å²) in [4.78, 5) is 14.8. The van der Waals surface area contributed by atoms with E-state index in [0.717, 1.165) is 23.1 Å². The van der Waals surface area contributed by atoms with Crippen LogP contribution in [0.2, 0.25) is 5.15 Å². The fourth-order valence-electron chi connectivity index (χ4n) is 1.47. The molecule has 0 spiro atoms. The zero-order chi connectivity index (χ0) is 12.4. The van der Waals surface area contributed by atoms with Crippen LogP contribution in [-0.2, 0) is 6.54 Å². The molecular formula is C11H13ClN4S. The minimum Gasteiger partial charge on any atom is -0.353 e. The minimum atomic E-state index is 0.467. The first kappa shape index (κ1) is 12.3. The van der Waals surface area contributed by atoms with Crippen LogP contribution in [0, 0.1) is 13.8 Å². The van der Waals surface area contributed by atoms with E-state index >= 15 is 0 Å². The molecule has 0 unspecified atom stereocenters. The Labute approximate surface area is 109 Å². The lowest BCUT2D eigenvalue weighted by Crippen LogP contribution is -2.18. The molecule has 0 amide bonds. The van der Waals surface area contributed by atoms with Gasteiger partial charge in [0.25, 0.3) is 0 Å². The van der Waals surface area contributed by atoms with Crippen LogP contribution in [0.15, 0.2) is 11.4 Å². The monoisotopic (exact) mass is 268 g/mol. The molecule has 2 aromatic rings. The summed E-state index contributed by atoms with van der Waals surface area (Å²) in [6.07, 6.45) is 0. The summed E-state index contributed by atoms with van der Waals surface area (Å²) >= 11 is 7.56. The van der Waals surface area contributed by atoms with Crippen molar-refractivity contribution in [1.29, 1.82) is 0 Å². The second-order valence-corrected chi connectivity index (χ2v) is 5.16. The Balaban J connectivity index is 2.16. The van der Waals surface area contributed by atoms with Gasteiger partial charge in [-0.3, -0.25) is 0 Å². The first-order chi connectivity index (χ1) is 8.04. The van der Waals surface area contributed by atoms with Crippen LogP contribution < -0.4 is 4.90 Å². The van der Waals surface area contributed by atoms with Gasteiger partial charge < -0.3 is 4.90 Å². The second-order valence-electron chi connectivity index (χ2n) is 3.83. The summed E-state index contributed by atoms with van der Waals surface area (Å²) in [5.74, 6) is 1.49. The molecule has 0 N–H and O–H groups in total. The molecular weight excluding hydrogens is 256 g/mol. The van der Waals surface area contributed by atoms with Gasteiger partial charge in [-0.05, 0) is 13.8 Å². The lowest BCUT2D eigenvalue weighted by molar-refractivity contribution is 0.868. The highest BCUT2D eigenvalue weighted by molar-refractivity contribution is 7.09. The normalized spacial score (nSPS) is 10.6. The zero-order valence-electron chi connectivity index (χ0n) is 9.94. The summed E-state index contributed by atoms with van der Waals surface area (Å²) in [5, 5.41) is 3.58. The van der Waals surface area contributed by atoms with Crippen molar-refractivity contribution in [2.24, 2.45) is 0 Å². The highest BCUT2D eigenvalue weighted by Crippen LogP contribution is 2.18. The zero-order valence-corrected chi connectivity index (χ0v) is 11.5. The van der Waals surface area contributed by atoms with E-state index in [1.54, 1.807) is 17.4 Å². The van der Waals surface area contributed by atoms with E-state index in [0.29, 0.717) is 11.0 Å². The van der Waals surface area contributed by atoms with E-state index in [1.165, 1.54) is 0 Å². The molecule has 2 heterocycles. The number of rotatable bonds is 3. The van der Waals surface area contributed by atoms with Crippen molar-refractivity contribution in [2.45, 2.75) is 20.4 Å². The van der Waals surface area contributed by atoms with Gasteiger partial charge in [-0.15, -0.1) is 11.3 Å². The molecule has 0 bridgehead atoms. The van der Waals surface area contributed by atoms with Crippen molar-refractivity contribution in [3.05, 3.63) is 33.1 Å². The third-order valence-electron chi connectivity index (χ3n) is 2.22. The van der Waals surface area contributed by atoms with Gasteiger partial charge in [0.15, 0.2) is 0 Å². The summed E-state index contributed by atoms with van der Waals surface area (Å²) in [5.41, 5.74) is 1.05. The second kappa shape index (κ2) is 4.98. The van der Waals surface area contributed by atoms with Crippen molar-refractivity contribution < 1.29 is 0 Å². The summed E-state index contributed by atoms with van der Waals surface area (Å²) in [6, 6.07) is 1.76. The molecule has 90 valence electrons. The predicted molar refractivity (Wildman–Crippen MR) is 70.7 cm³/mol. The average Bonchev–Trinajstić information content (AvgIpc) is 2.62. The van der Waals surface area contributed by atoms with Crippen LogP contribution in [-0.4, -0.2) is 22.0 Å². The number of halogens is 1. The molecule has 0 radical (unpaired) electrons. The smallest absolute Gasteiger partial charge is 0.134 e. The van der Waals surface area contributed by atoms with Gasteiger partial charge >= 0.3 is 0 Å². The topological polar surface area (TPSA) is 41.9 Å². The van der Waals surface area contributed by atoms with E-state index in [9.17, 15) is 0 Å². The summed E-state index contributed by atoms with van der Waals surface area (Å²) in [6.45, 7) is 4.55. The van der Waals surface area contributed by atoms with Crippen LogP contribution in [0.3, 0.4) is 0 Å². The Hall–Kier alpha value is -1.20. The number of nitrogens with zero attached hydrogens (tertiary/aromatic N) is 4. The van der Waals surface area contributed by atoms with Crippen LogP contribution >= 0.6 is 22.9 Å². The van der Waals surface area contributed by atoms with Gasteiger partial charge in [0.2, 0.25) is 0 Å². The predicted octanol–water partition coefficient (Wildman–Crippen LogP) is 2.84. The average molecular weight is 269 g/mol. The molecule has 0 saturated carbocycles. The molecule has 4 nitrogen and oxygen atoms in total. The Morgan fingerprint density at radius 1 is 1.29 bits per heavy atom. The Bertz CT molecular complexity index is 506. The number of anilines is 1. The van der Waals surface area contributed by atoms with Gasteiger partial charge in [0, 0.05) is 24.2 Å². The van der Waals surface area contributed by atoms with E-state index in [4.69, 9.17) is 11.6 Å². The number of aromatic nitrogens is 3. The van der Waals surface area contributed by atoms with Crippen molar-refractivity contribution >= 4 is 28.8 Å². The number of hydrogen-bond acceptors (Lipinski definition) is 5. The van der Waals surface area contributed by atoms with E-state index < -0.39 is 0 Å². The molecule has 0 fully saturated rings. The van der Waals surface area contributed by atoms with E-state index in [-0.39, 0.29) is 0 Å². The standard InChI is InChI=1S/C11H13ClN4S/c1-7-6-17-11(13-7)5-16(3)10-4-9(12)14-8(2)15-10/h4,6H,5H2,1-3H3. The third-order valence-corrected chi connectivity index (χ3v) is 3.37. The molecule has 17 heavy (non-hydrogen) atoms. The van der Waals surface area contributed by atoms with Crippen LogP contribution in [0.1, 0.15) is 16.5 Å². The highest BCUT2D eigenvalue weighted by Gasteiger charge is 2.08. The first-order valence-corrected chi connectivity index (χ1v) is 6.43. The maximum atomic E-state index is 5.91. The molecule has 0 atom stereocenters. The highest BCUT2D eigenvalue weighted by atomic mass is 35.5. The van der Waals surface area contributed by atoms with E-state index in [2.05, 4.69) is 15.0 Å². The van der Waals surface area contributed by atoms with Crippen LogP contribution in [0.25, 0.3) is 0 Å². The van der Waals surface area contributed by atoms with Crippen molar-refractivity contribution in [2.75, 3.05) is 11.9 Å². The molecule has 0 saturated heterocycles. The van der Waals surface area contributed by atoms with Gasteiger partial charge in [0.05, 0.1) is 6.54 Å². The summed E-state index contributed by atoms with van der Waals surface area (Å²) in [7, 11) is 1.97. The summed E-state index contributed by atoms with van der Waals surface area (Å²) < 4.78 is 0. The van der Waals surface area contributed by atoms with Gasteiger partial charge in [-0.2, -0.15) is 0 Å². The van der Waals surface area contributed by atoms with Gasteiger partial charge in [-0.25, -0.2) is 15.0 Å². The molecule has 2 rings (SSSR count). The van der Waals surface area contributed by atoms with Crippen LogP contribution in [0.5, 0.6) is 0 Å². The molecule has 6 heteroatoms. The molecule has 0 aliphatic rings. The largest absolute Gasteiger partial charge is 0.353 e. The Morgan fingerprint density at radius 2 is 2.06 bits per heavy atom. The molecule has 0 aliphatic carbocycles.